The summed E-state index contributed by atoms with van der Waals surface area (Å²) in [6.07, 6.45) is 1.32. The lowest BCUT2D eigenvalue weighted by Gasteiger charge is -2.17. The first-order valence-corrected chi connectivity index (χ1v) is 7.15. The van der Waals surface area contributed by atoms with Crippen LogP contribution in [0.5, 0.6) is 0 Å². The van der Waals surface area contributed by atoms with Crippen LogP contribution >= 0.6 is 20.2 Å². The lowest BCUT2D eigenvalue weighted by molar-refractivity contribution is 0.496. The van der Waals surface area contributed by atoms with Gasteiger partial charge in [-0.1, -0.05) is 33.0 Å². The Hall–Kier alpha value is 0.0400. The van der Waals surface area contributed by atoms with Crippen molar-refractivity contribution in [2.75, 3.05) is 12.7 Å². The molecule has 15 heavy (non-hydrogen) atoms. The summed E-state index contributed by atoms with van der Waals surface area (Å²) in [5, 5.41) is 0. The molecule has 90 valence electrons. The molecule has 0 saturated heterocycles. The van der Waals surface area contributed by atoms with Gasteiger partial charge in [0.15, 0.2) is 8.03 Å². The minimum absolute atomic E-state index is 0.277. The van der Waals surface area contributed by atoms with Crippen LogP contribution in [-0.2, 0) is 4.57 Å². The minimum atomic E-state index is -2.37. The number of hydrogen-bond donors (Lipinski definition) is 3. The first-order chi connectivity index (χ1) is 6.93. The zero-order chi connectivity index (χ0) is 11.8. The molecule has 0 aromatic rings. The highest BCUT2D eigenvalue weighted by Gasteiger charge is 2.09. The van der Waals surface area contributed by atoms with Gasteiger partial charge < -0.3 is 10.3 Å². The van der Waals surface area contributed by atoms with E-state index >= 15 is 0 Å². The van der Waals surface area contributed by atoms with E-state index in [4.69, 9.17) is 17.1 Å². The van der Waals surface area contributed by atoms with Crippen molar-refractivity contribution in [2.24, 2.45) is 11.8 Å². The zero-order valence-electron chi connectivity index (χ0n) is 9.54. The van der Waals surface area contributed by atoms with Crippen LogP contribution in [0.2, 0.25) is 0 Å². The molecule has 0 heterocycles. The molecule has 0 aromatic heterocycles. The maximum Gasteiger partial charge on any atom is 0.190 e. The van der Waals surface area contributed by atoms with Gasteiger partial charge in [-0.2, -0.15) is 0 Å². The molecule has 0 radical (unpaired) electrons. The number of rotatable bonds is 7. The van der Waals surface area contributed by atoms with Gasteiger partial charge in [0.25, 0.3) is 0 Å². The van der Waals surface area contributed by atoms with Gasteiger partial charge in [-0.3, -0.25) is 4.57 Å². The molecule has 4 nitrogen and oxygen atoms in total. The van der Waals surface area contributed by atoms with E-state index in [1.165, 1.54) is 0 Å². The predicted octanol–water partition coefficient (Wildman–Crippen LogP) is 1.56. The van der Waals surface area contributed by atoms with Gasteiger partial charge in [0, 0.05) is 18.6 Å². The van der Waals surface area contributed by atoms with E-state index in [1.807, 2.05) is 0 Å². The Morgan fingerprint density at radius 1 is 1.47 bits per heavy atom. The van der Waals surface area contributed by atoms with Crippen molar-refractivity contribution in [1.29, 1.82) is 0 Å². The summed E-state index contributed by atoms with van der Waals surface area (Å²) in [6, 6.07) is 0. The Labute approximate surface area is 97.7 Å². The van der Waals surface area contributed by atoms with Crippen LogP contribution < -0.4 is 10.9 Å². The van der Waals surface area contributed by atoms with Gasteiger partial charge in [0.05, 0.1) is 4.99 Å². The molecule has 2 unspecified atom stereocenters. The van der Waals surface area contributed by atoms with Crippen molar-refractivity contribution in [3.05, 3.63) is 0 Å². The molecule has 0 aliphatic rings. The summed E-state index contributed by atoms with van der Waals surface area (Å²) in [6.45, 7) is 6.85. The van der Waals surface area contributed by atoms with Crippen LogP contribution in [0.3, 0.4) is 0 Å². The minimum Gasteiger partial charge on any atom is -0.346 e. The summed E-state index contributed by atoms with van der Waals surface area (Å²) in [4.78, 5) is 9.36. The van der Waals surface area contributed by atoms with Crippen LogP contribution in [-0.4, -0.2) is 22.6 Å². The highest BCUT2D eigenvalue weighted by atomic mass is 32.1. The van der Waals surface area contributed by atoms with E-state index < -0.39 is 8.03 Å². The first-order valence-electron chi connectivity index (χ1n) is 5.18. The number of hydrazine groups is 1. The van der Waals surface area contributed by atoms with Gasteiger partial charge in [-0.25, -0.2) is 5.43 Å². The highest BCUT2D eigenvalue weighted by Crippen LogP contribution is 2.11. The molecule has 0 amide bonds. The second-order valence-corrected chi connectivity index (χ2v) is 5.82. The lowest BCUT2D eigenvalue weighted by Crippen LogP contribution is -2.40. The lowest BCUT2D eigenvalue weighted by atomic mass is 9.99. The molecule has 0 fully saturated rings. The molecule has 0 aliphatic carbocycles. The third-order valence-electron chi connectivity index (χ3n) is 1.95. The third-order valence-corrected chi connectivity index (χ3v) is 3.13. The fraction of sp³-hybridized carbons (Fsp3) is 0.889. The molecule has 0 rings (SSSR count). The van der Waals surface area contributed by atoms with Crippen molar-refractivity contribution < 1.29 is 9.46 Å². The molecule has 0 aliphatic heterocycles. The number of nitrogens with one attached hydrogen (secondary N) is 2. The quantitative estimate of drug-likeness (QED) is 0.278. The fourth-order valence-corrected chi connectivity index (χ4v) is 1.76. The average molecular weight is 252 g/mol. The van der Waals surface area contributed by atoms with Crippen molar-refractivity contribution in [3.63, 3.8) is 0 Å². The van der Waals surface area contributed by atoms with E-state index in [0.717, 1.165) is 11.4 Å². The van der Waals surface area contributed by atoms with E-state index in [-0.39, 0.29) is 6.16 Å². The Morgan fingerprint density at radius 3 is 2.53 bits per heavy atom. The zero-order valence-corrected chi connectivity index (χ0v) is 11.4. The van der Waals surface area contributed by atoms with Gasteiger partial charge in [0.1, 0.15) is 0 Å². The second-order valence-electron chi connectivity index (χ2n) is 4.09. The molecule has 2 atom stereocenters. The molecule has 0 aromatic carbocycles. The average Bonchev–Trinajstić information content (AvgIpc) is 2.10. The normalized spacial score (nSPS) is 15.0. The standard InChI is InChI=1S/C9H21N2O2PS/c1-7(2)6-8(3)9(15)11-10-4-5-14(12)13/h7-8,10,14H,4-6H2,1-3H3,(H,11,15)(H,12,13). The summed E-state index contributed by atoms with van der Waals surface area (Å²) >= 11 is 5.17. The first kappa shape index (κ1) is 15.0. The van der Waals surface area contributed by atoms with Crippen molar-refractivity contribution in [1.82, 2.24) is 10.9 Å². The summed E-state index contributed by atoms with van der Waals surface area (Å²) in [5.41, 5.74) is 5.74. The highest BCUT2D eigenvalue weighted by molar-refractivity contribution is 7.80. The van der Waals surface area contributed by atoms with E-state index in [2.05, 4.69) is 31.6 Å². The molecule has 3 N–H and O–H groups in total. The van der Waals surface area contributed by atoms with Crippen molar-refractivity contribution in [2.45, 2.75) is 27.2 Å². The Bertz CT molecular complexity index is 224. The molecule has 0 saturated carbocycles. The maximum atomic E-state index is 10.4. The maximum absolute atomic E-state index is 10.4. The summed E-state index contributed by atoms with van der Waals surface area (Å²) < 4.78 is 10.4. The van der Waals surface area contributed by atoms with E-state index in [9.17, 15) is 4.57 Å². The number of thiocarbonyl (C=S) groups is 1. The number of hydrogen-bond acceptors (Lipinski definition) is 3. The predicted molar refractivity (Wildman–Crippen MR) is 68.4 cm³/mol. The van der Waals surface area contributed by atoms with Crippen molar-refractivity contribution >= 4 is 25.2 Å². The van der Waals surface area contributed by atoms with Crippen LogP contribution in [0.25, 0.3) is 0 Å². The Balaban J connectivity index is 3.60. The second kappa shape index (κ2) is 8.22. The SMILES string of the molecule is CC(C)CC(C)C(=S)NNCC[PH](=O)O. The van der Waals surface area contributed by atoms with Gasteiger partial charge in [0.2, 0.25) is 0 Å². The Kier molecular flexibility index (Phi) is 8.24. The topological polar surface area (TPSA) is 61.4 Å². The van der Waals surface area contributed by atoms with Crippen LogP contribution in [0.4, 0.5) is 0 Å². The van der Waals surface area contributed by atoms with Crippen LogP contribution in [0.1, 0.15) is 27.2 Å². The van der Waals surface area contributed by atoms with E-state index in [0.29, 0.717) is 18.4 Å². The monoisotopic (exact) mass is 252 g/mol. The molecule has 6 heteroatoms. The van der Waals surface area contributed by atoms with Crippen LogP contribution in [0.15, 0.2) is 0 Å². The largest absolute Gasteiger partial charge is 0.346 e. The molecule has 0 spiro atoms. The van der Waals surface area contributed by atoms with Gasteiger partial charge in [-0.15, -0.1) is 0 Å². The summed E-state index contributed by atoms with van der Waals surface area (Å²) in [7, 11) is -2.37. The molecular weight excluding hydrogens is 231 g/mol. The van der Waals surface area contributed by atoms with Gasteiger partial charge in [-0.05, 0) is 12.3 Å². The Morgan fingerprint density at radius 2 is 2.07 bits per heavy atom. The van der Waals surface area contributed by atoms with Crippen LogP contribution in [0, 0.1) is 11.8 Å². The van der Waals surface area contributed by atoms with E-state index in [1.54, 1.807) is 0 Å². The summed E-state index contributed by atoms with van der Waals surface area (Å²) in [5.74, 6) is 0.951. The fourth-order valence-electron chi connectivity index (χ4n) is 1.26. The van der Waals surface area contributed by atoms with Crippen molar-refractivity contribution in [3.8, 4) is 0 Å². The smallest absolute Gasteiger partial charge is 0.190 e. The van der Waals surface area contributed by atoms with Gasteiger partial charge >= 0.3 is 0 Å². The molecule has 0 bridgehead atoms. The molecular formula is C9H21N2O2PS. The third kappa shape index (κ3) is 9.00.